The molecule has 4 aliphatic rings. The number of benzene rings is 1. The average molecular weight is 456 g/mol. The van der Waals surface area contributed by atoms with Crippen molar-refractivity contribution in [1.29, 1.82) is 10.8 Å². The second kappa shape index (κ2) is 7.36. The SMILES string of the molecule is N=C1/C(=C2\C(=N)N(c3ccccc3)c3ncccc32)N(C2=CNC3C=CC=CC23)c2cccnc21. The Morgan fingerprint density at radius 3 is 2.51 bits per heavy atom. The van der Waals surface area contributed by atoms with E-state index >= 15 is 0 Å². The minimum Gasteiger partial charge on any atom is -0.382 e. The molecule has 2 atom stereocenters. The van der Waals surface area contributed by atoms with Crippen molar-refractivity contribution in [2.24, 2.45) is 5.92 Å². The van der Waals surface area contributed by atoms with Crippen molar-refractivity contribution in [2.45, 2.75) is 6.04 Å². The van der Waals surface area contributed by atoms with Gasteiger partial charge in [-0.2, -0.15) is 0 Å². The molecule has 0 bridgehead atoms. The van der Waals surface area contributed by atoms with Crippen LogP contribution < -0.4 is 15.1 Å². The Bertz CT molecular complexity index is 1530. The smallest absolute Gasteiger partial charge is 0.146 e. The van der Waals surface area contributed by atoms with Crippen LogP contribution in [0.2, 0.25) is 0 Å². The van der Waals surface area contributed by atoms with Crippen LogP contribution in [0.4, 0.5) is 17.2 Å². The van der Waals surface area contributed by atoms with Crippen LogP contribution in [0, 0.1) is 16.7 Å². The Hall–Kier alpha value is -4.78. The van der Waals surface area contributed by atoms with Gasteiger partial charge >= 0.3 is 0 Å². The predicted octanol–water partition coefficient (Wildman–Crippen LogP) is 4.76. The number of nitrogens with zero attached hydrogens (tertiary/aromatic N) is 4. The van der Waals surface area contributed by atoms with Gasteiger partial charge in [-0.1, -0.05) is 42.5 Å². The number of hydrogen-bond acceptors (Lipinski definition) is 6. The van der Waals surface area contributed by atoms with Crippen molar-refractivity contribution in [2.75, 3.05) is 9.80 Å². The van der Waals surface area contributed by atoms with Crippen molar-refractivity contribution in [3.63, 3.8) is 0 Å². The molecule has 1 aromatic carbocycles. The van der Waals surface area contributed by atoms with Gasteiger partial charge in [-0.05, 0) is 36.4 Å². The van der Waals surface area contributed by atoms with Gasteiger partial charge in [0.15, 0.2) is 0 Å². The number of hydrogen-bond donors (Lipinski definition) is 3. The van der Waals surface area contributed by atoms with Crippen LogP contribution in [0.5, 0.6) is 0 Å². The highest BCUT2D eigenvalue weighted by atomic mass is 15.3. The lowest BCUT2D eigenvalue weighted by Gasteiger charge is -2.29. The quantitative estimate of drug-likeness (QED) is 0.518. The third kappa shape index (κ3) is 2.72. The maximum absolute atomic E-state index is 9.32. The van der Waals surface area contributed by atoms with Crippen molar-refractivity contribution in [3.8, 4) is 0 Å². The number of pyridine rings is 2. The number of rotatable bonds is 2. The van der Waals surface area contributed by atoms with Gasteiger partial charge in [-0.25, -0.2) is 4.98 Å². The summed E-state index contributed by atoms with van der Waals surface area (Å²) < 4.78 is 0. The standard InChI is InChI=1S/C28H21N7/c29-24-25-21(13-7-14-31-25)35(22-16-33-20-12-5-4-10-18(20)22)26(24)23-19-11-6-15-32-28(19)34(27(23)30)17-8-2-1-3-9-17/h1-16,18,20,29-30,33H/b26-23+,29-24?,30-27?. The lowest BCUT2D eigenvalue weighted by Crippen LogP contribution is -2.31. The Morgan fingerprint density at radius 2 is 1.63 bits per heavy atom. The van der Waals surface area contributed by atoms with Crippen molar-refractivity contribution < 1.29 is 0 Å². The van der Waals surface area contributed by atoms with Gasteiger partial charge in [-0.3, -0.25) is 20.7 Å². The molecule has 0 spiro atoms. The summed E-state index contributed by atoms with van der Waals surface area (Å²) in [6.45, 7) is 0. The van der Waals surface area contributed by atoms with Crippen LogP contribution in [0.3, 0.4) is 0 Å². The van der Waals surface area contributed by atoms with Crippen LogP contribution in [0.25, 0.3) is 5.57 Å². The van der Waals surface area contributed by atoms with E-state index in [4.69, 9.17) is 0 Å². The summed E-state index contributed by atoms with van der Waals surface area (Å²) in [6.07, 6.45) is 14.0. The Labute approximate surface area is 202 Å². The molecule has 0 saturated carbocycles. The van der Waals surface area contributed by atoms with E-state index < -0.39 is 0 Å². The first-order valence-electron chi connectivity index (χ1n) is 11.5. The molecule has 0 fully saturated rings. The van der Waals surface area contributed by atoms with E-state index in [1.165, 1.54) is 0 Å². The molecule has 168 valence electrons. The molecular weight excluding hydrogens is 434 g/mol. The maximum Gasteiger partial charge on any atom is 0.146 e. The number of para-hydroxylation sites is 1. The molecule has 7 rings (SSSR count). The summed E-state index contributed by atoms with van der Waals surface area (Å²) >= 11 is 0. The third-order valence-corrected chi connectivity index (χ3v) is 6.86. The highest BCUT2D eigenvalue weighted by molar-refractivity contribution is 6.42. The summed E-state index contributed by atoms with van der Waals surface area (Å²) in [6, 6.07) is 17.7. The summed E-state index contributed by atoms with van der Waals surface area (Å²) in [5, 5.41) is 22.0. The Balaban J connectivity index is 1.48. The maximum atomic E-state index is 9.32. The van der Waals surface area contributed by atoms with Gasteiger partial charge < -0.3 is 10.2 Å². The highest BCUT2D eigenvalue weighted by Gasteiger charge is 2.44. The molecule has 0 amide bonds. The van der Waals surface area contributed by atoms with Crippen LogP contribution in [0.15, 0.2) is 109 Å². The van der Waals surface area contributed by atoms with E-state index in [2.05, 4.69) is 44.5 Å². The van der Waals surface area contributed by atoms with Crippen molar-refractivity contribution >= 4 is 34.3 Å². The predicted molar refractivity (Wildman–Crippen MR) is 138 cm³/mol. The summed E-state index contributed by atoms with van der Waals surface area (Å²) in [4.78, 5) is 13.2. The van der Waals surface area contributed by atoms with E-state index in [0.29, 0.717) is 34.3 Å². The van der Waals surface area contributed by atoms with Gasteiger partial charge in [-0.15, -0.1) is 0 Å². The zero-order valence-corrected chi connectivity index (χ0v) is 18.7. The monoisotopic (exact) mass is 455 g/mol. The lowest BCUT2D eigenvalue weighted by atomic mass is 9.93. The summed E-state index contributed by atoms with van der Waals surface area (Å²) in [5.74, 6) is 1.10. The number of allylic oxidation sites excluding steroid dienone is 3. The molecule has 2 aromatic heterocycles. The van der Waals surface area contributed by atoms with E-state index in [9.17, 15) is 10.8 Å². The van der Waals surface area contributed by atoms with Gasteiger partial charge in [0.2, 0.25) is 0 Å². The van der Waals surface area contributed by atoms with E-state index in [1.807, 2.05) is 65.7 Å². The number of amidine groups is 1. The number of anilines is 3. The molecule has 0 saturated heterocycles. The highest BCUT2D eigenvalue weighted by Crippen LogP contribution is 2.48. The molecule has 0 radical (unpaired) electrons. The average Bonchev–Trinajstić information content (AvgIpc) is 3.54. The fourth-order valence-electron chi connectivity index (χ4n) is 5.34. The van der Waals surface area contributed by atoms with Gasteiger partial charge in [0.1, 0.15) is 23.1 Å². The first-order chi connectivity index (χ1) is 17.2. The summed E-state index contributed by atoms with van der Waals surface area (Å²) in [7, 11) is 0. The van der Waals surface area contributed by atoms with E-state index in [-0.39, 0.29) is 12.0 Å². The van der Waals surface area contributed by atoms with E-state index in [0.717, 1.165) is 22.6 Å². The zero-order chi connectivity index (χ0) is 23.5. The lowest BCUT2D eigenvalue weighted by molar-refractivity contribution is 0.626. The molecule has 5 heterocycles. The fraction of sp³-hybridized carbons (Fsp3) is 0.0714. The second-order valence-electron chi connectivity index (χ2n) is 8.76. The largest absolute Gasteiger partial charge is 0.382 e. The van der Waals surface area contributed by atoms with Crippen molar-refractivity contribution in [1.82, 2.24) is 15.3 Å². The molecule has 7 heteroatoms. The molecule has 3 aliphatic heterocycles. The Kier molecular flexibility index (Phi) is 4.14. The summed E-state index contributed by atoms with van der Waals surface area (Å²) in [5.41, 5.74) is 5.85. The number of aromatic nitrogens is 2. The second-order valence-corrected chi connectivity index (χ2v) is 8.76. The molecule has 1 aliphatic carbocycles. The van der Waals surface area contributed by atoms with Gasteiger partial charge in [0.25, 0.3) is 0 Å². The molecule has 35 heavy (non-hydrogen) atoms. The Morgan fingerprint density at radius 1 is 0.829 bits per heavy atom. The minimum absolute atomic E-state index is 0.115. The van der Waals surface area contributed by atoms with Crippen LogP contribution in [-0.4, -0.2) is 27.6 Å². The molecule has 2 unspecified atom stereocenters. The van der Waals surface area contributed by atoms with Crippen LogP contribution in [0.1, 0.15) is 11.3 Å². The van der Waals surface area contributed by atoms with E-state index in [1.54, 1.807) is 12.4 Å². The molecular formula is C28H21N7. The third-order valence-electron chi connectivity index (χ3n) is 6.86. The first kappa shape index (κ1) is 19.7. The topological polar surface area (TPSA) is 92.0 Å². The van der Waals surface area contributed by atoms with Gasteiger partial charge in [0.05, 0.1) is 23.0 Å². The van der Waals surface area contributed by atoms with Gasteiger partial charge in [0, 0.05) is 41.5 Å². The molecule has 7 nitrogen and oxygen atoms in total. The van der Waals surface area contributed by atoms with Crippen molar-refractivity contribution in [3.05, 3.63) is 120 Å². The number of nitrogens with one attached hydrogen (secondary N) is 3. The minimum atomic E-state index is 0.115. The van der Waals surface area contributed by atoms with Crippen LogP contribution >= 0.6 is 0 Å². The normalized spacial score (nSPS) is 23.8. The molecule has 3 aromatic rings. The number of fused-ring (bicyclic) bond motifs is 3. The zero-order valence-electron chi connectivity index (χ0n) is 18.7. The first-order valence-corrected chi connectivity index (χ1v) is 11.5. The fourth-order valence-corrected chi connectivity index (χ4v) is 5.34. The van der Waals surface area contributed by atoms with Crippen LogP contribution in [-0.2, 0) is 0 Å². The molecule has 3 N–H and O–H groups in total.